The number of hydrogen-bond donors (Lipinski definition) is 2. The van der Waals surface area contributed by atoms with Crippen LogP contribution >= 0.6 is 35.0 Å². The molecule has 0 aliphatic rings. The summed E-state index contributed by atoms with van der Waals surface area (Å²) in [6.45, 7) is 5.23. The molecule has 0 fully saturated rings. The lowest BCUT2D eigenvalue weighted by Crippen LogP contribution is -2.19. The van der Waals surface area contributed by atoms with Crippen molar-refractivity contribution in [2.45, 2.75) is 32.1 Å². The van der Waals surface area contributed by atoms with E-state index >= 15 is 0 Å². The first kappa shape index (κ1) is 18.9. The maximum atomic E-state index is 11.9. The Morgan fingerprint density at radius 3 is 2.45 bits per heavy atom. The van der Waals surface area contributed by atoms with Gasteiger partial charge in [-0.15, -0.1) is 11.8 Å². The Hall–Kier alpha value is -1.11. The largest absolute Gasteiger partial charge is 0.489 e. The number of thioether (sulfide) groups is 1. The van der Waals surface area contributed by atoms with E-state index in [0.29, 0.717) is 16.5 Å². The smallest absolute Gasteiger partial charge is 0.316 e. The molecule has 1 unspecified atom stereocenters. The van der Waals surface area contributed by atoms with Crippen LogP contribution in [0, 0.1) is 0 Å². The quantitative estimate of drug-likeness (QED) is 0.765. The molecular formula is C14H17Cl2NO4S. The first-order valence-corrected chi connectivity index (χ1v) is 8.31. The van der Waals surface area contributed by atoms with Crippen LogP contribution in [-0.4, -0.2) is 34.1 Å². The van der Waals surface area contributed by atoms with E-state index in [4.69, 9.17) is 33.0 Å². The van der Waals surface area contributed by atoms with Gasteiger partial charge in [-0.3, -0.25) is 9.59 Å². The van der Waals surface area contributed by atoms with Gasteiger partial charge in [0, 0.05) is 6.07 Å². The third-order valence-corrected chi connectivity index (χ3v) is 4.21. The lowest BCUT2D eigenvalue weighted by molar-refractivity contribution is -0.136. The molecule has 1 aromatic carbocycles. The summed E-state index contributed by atoms with van der Waals surface area (Å²) in [5.41, 5.74) is 0.371. The maximum absolute atomic E-state index is 11.9. The van der Waals surface area contributed by atoms with Crippen LogP contribution in [0.5, 0.6) is 5.75 Å². The second-order valence-electron chi connectivity index (χ2n) is 4.77. The second-order valence-corrected chi connectivity index (χ2v) is 6.91. The standard InChI is InChI=1S/C14H17Cl2NO4S/c1-7(2)21-12-5-11(9(15)4-10(12)16)17-13(18)6-22-8(3)14(19)20/h4-5,7-8H,6H2,1-3H3,(H,17,18)(H,19,20). The van der Waals surface area contributed by atoms with E-state index in [9.17, 15) is 9.59 Å². The Labute approximate surface area is 143 Å². The molecule has 0 saturated heterocycles. The molecule has 0 spiro atoms. The predicted octanol–water partition coefficient (Wildman–Crippen LogP) is 3.93. The fraction of sp³-hybridized carbons (Fsp3) is 0.429. The number of benzene rings is 1. The van der Waals surface area contributed by atoms with Crippen LogP contribution in [0.4, 0.5) is 5.69 Å². The minimum absolute atomic E-state index is 0.00674. The van der Waals surface area contributed by atoms with E-state index < -0.39 is 11.2 Å². The van der Waals surface area contributed by atoms with Crippen LogP contribution in [-0.2, 0) is 9.59 Å². The molecule has 5 nitrogen and oxygen atoms in total. The number of hydrogen-bond acceptors (Lipinski definition) is 4. The van der Waals surface area contributed by atoms with Crippen molar-refractivity contribution in [2.24, 2.45) is 0 Å². The van der Waals surface area contributed by atoms with Gasteiger partial charge in [0.05, 0.1) is 32.8 Å². The molecule has 0 aliphatic carbocycles. The van der Waals surface area contributed by atoms with E-state index in [0.717, 1.165) is 11.8 Å². The molecule has 0 radical (unpaired) electrons. The lowest BCUT2D eigenvalue weighted by atomic mass is 10.3. The molecule has 0 aromatic heterocycles. The molecule has 1 atom stereocenters. The van der Waals surface area contributed by atoms with Crippen molar-refractivity contribution >= 4 is 52.5 Å². The average Bonchev–Trinajstić information content (AvgIpc) is 2.40. The number of carbonyl (C=O) groups excluding carboxylic acids is 1. The van der Waals surface area contributed by atoms with E-state index in [2.05, 4.69) is 5.32 Å². The fourth-order valence-corrected chi connectivity index (χ4v) is 2.52. The van der Waals surface area contributed by atoms with Gasteiger partial charge in [0.1, 0.15) is 5.75 Å². The van der Waals surface area contributed by atoms with Crippen LogP contribution in [0.25, 0.3) is 0 Å². The molecule has 0 saturated carbocycles. The second kappa shape index (κ2) is 8.50. The average molecular weight is 366 g/mol. The number of rotatable bonds is 7. The van der Waals surface area contributed by atoms with Gasteiger partial charge in [0.25, 0.3) is 0 Å². The van der Waals surface area contributed by atoms with Crippen LogP contribution in [0.2, 0.25) is 10.0 Å². The van der Waals surface area contributed by atoms with Crippen LogP contribution < -0.4 is 10.1 Å². The SMILES string of the molecule is CC(C)Oc1cc(NC(=O)CSC(C)C(=O)O)c(Cl)cc1Cl. The van der Waals surface area contributed by atoms with Gasteiger partial charge in [-0.25, -0.2) is 0 Å². The van der Waals surface area contributed by atoms with Gasteiger partial charge >= 0.3 is 5.97 Å². The molecule has 0 heterocycles. The summed E-state index contributed by atoms with van der Waals surface area (Å²) in [6.07, 6.45) is -0.0748. The number of ether oxygens (including phenoxy) is 1. The number of anilines is 1. The monoisotopic (exact) mass is 365 g/mol. The topological polar surface area (TPSA) is 75.6 Å². The molecule has 0 aliphatic heterocycles. The minimum atomic E-state index is -0.963. The van der Waals surface area contributed by atoms with Gasteiger partial charge in [0.2, 0.25) is 5.91 Å². The zero-order valence-corrected chi connectivity index (χ0v) is 14.7. The van der Waals surface area contributed by atoms with E-state index in [1.165, 1.54) is 13.0 Å². The first-order valence-electron chi connectivity index (χ1n) is 6.50. The van der Waals surface area contributed by atoms with Crippen LogP contribution in [0.3, 0.4) is 0 Å². The number of nitrogens with one attached hydrogen (secondary N) is 1. The van der Waals surface area contributed by atoms with Crippen molar-refractivity contribution in [2.75, 3.05) is 11.1 Å². The van der Waals surface area contributed by atoms with Crippen molar-refractivity contribution in [3.05, 3.63) is 22.2 Å². The number of carbonyl (C=O) groups is 2. The number of amides is 1. The molecule has 1 aromatic rings. The third kappa shape index (κ3) is 5.94. The molecule has 0 bridgehead atoms. The minimum Gasteiger partial charge on any atom is -0.489 e. The van der Waals surface area contributed by atoms with Gasteiger partial charge in [-0.1, -0.05) is 23.2 Å². The maximum Gasteiger partial charge on any atom is 0.316 e. The third-order valence-electron chi connectivity index (χ3n) is 2.47. The Morgan fingerprint density at radius 2 is 1.91 bits per heavy atom. The zero-order chi connectivity index (χ0) is 16.9. The van der Waals surface area contributed by atoms with Crippen molar-refractivity contribution in [1.29, 1.82) is 0 Å². The highest BCUT2D eigenvalue weighted by Crippen LogP contribution is 2.34. The van der Waals surface area contributed by atoms with E-state index in [1.807, 2.05) is 13.8 Å². The van der Waals surface area contributed by atoms with Crippen molar-refractivity contribution in [3.63, 3.8) is 0 Å². The Bertz CT molecular complexity index is 566. The summed E-state index contributed by atoms with van der Waals surface area (Å²) in [7, 11) is 0. The summed E-state index contributed by atoms with van der Waals surface area (Å²) in [5.74, 6) is -0.886. The summed E-state index contributed by atoms with van der Waals surface area (Å²) >= 11 is 13.1. The zero-order valence-electron chi connectivity index (χ0n) is 12.4. The van der Waals surface area contributed by atoms with Crippen LogP contribution in [0.1, 0.15) is 20.8 Å². The highest BCUT2D eigenvalue weighted by Gasteiger charge is 2.15. The van der Waals surface area contributed by atoms with Crippen molar-refractivity contribution in [3.8, 4) is 5.75 Å². The molecule has 1 amide bonds. The van der Waals surface area contributed by atoms with Gasteiger partial charge in [-0.2, -0.15) is 0 Å². The van der Waals surface area contributed by atoms with Crippen molar-refractivity contribution < 1.29 is 19.4 Å². The predicted molar refractivity (Wildman–Crippen MR) is 90.4 cm³/mol. The van der Waals surface area contributed by atoms with Crippen LogP contribution in [0.15, 0.2) is 12.1 Å². The summed E-state index contributed by atoms with van der Waals surface area (Å²) < 4.78 is 5.53. The summed E-state index contributed by atoms with van der Waals surface area (Å²) in [5, 5.41) is 11.4. The molecule has 2 N–H and O–H groups in total. The first-order chi connectivity index (χ1) is 10.2. The normalized spacial score (nSPS) is 12.1. The van der Waals surface area contributed by atoms with Crippen molar-refractivity contribution in [1.82, 2.24) is 0 Å². The molecule has 1 rings (SSSR count). The lowest BCUT2D eigenvalue weighted by Gasteiger charge is -2.15. The number of carboxylic acid groups (broad SMARTS) is 1. The number of carboxylic acids is 1. The Balaban J connectivity index is 2.75. The van der Waals surface area contributed by atoms with Gasteiger partial charge in [-0.05, 0) is 26.8 Å². The molecule has 122 valence electrons. The molecular weight excluding hydrogens is 349 g/mol. The summed E-state index contributed by atoms with van der Waals surface area (Å²) in [4.78, 5) is 22.6. The highest BCUT2D eigenvalue weighted by molar-refractivity contribution is 8.01. The van der Waals surface area contributed by atoms with E-state index in [1.54, 1.807) is 6.07 Å². The van der Waals surface area contributed by atoms with Gasteiger partial charge < -0.3 is 15.2 Å². The van der Waals surface area contributed by atoms with E-state index in [-0.39, 0.29) is 22.8 Å². The molecule has 8 heteroatoms. The number of halogens is 2. The van der Waals surface area contributed by atoms with Gasteiger partial charge in [0.15, 0.2) is 0 Å². The summed E-state index contributed by atoms with van der Waals surface area (Å²) in [6, 6.07) is 3.04. The Kier molecular flexibility index (Phi) is 7.32. The fourth-order valence-electron chi connectivity index (χ4n) is 1.43. The highest BCUT2D eigenvalue weighted by atomic mass is 35.5. The number of aliphatic carboxylic acids is 1. The molecule has 22 heavy (non-hydrogen) atoms. The Morgan fingerprint density at radius 1 is 1.27 bits per heavy atom.